The van der Waals surface area contributed by atoms with Crippen LogP contribution in [0.15, 0.2) is 28.7 Å². The summed E-state index contributed by atoms with van der Waals surface area (Å²) in [5.74, 6) is -0.00474. The molecule has 0 aromatic heterocycles. The Morgan fingerprint density at radius 1 is 1.43 bits per heavy atom. The molecule has 1 aliphatic heterocycles. The van der Waals surface area contributed by atoms with Gasteiger partial charge in [0.05, 0.1) is 18.7 Å². The molecule has 1 fully saturated rings. The van der Waals surface area contributed by atoms with Gasteiger partial charge in [-0.1, -0.05) is 22.0 Å². The minimum atomic E-state index is -0.0531. The van der Waals surface area contributed by atoms with Crippen molar-refractivity contribution < 1.29 is 4.79 Å². The van der Waals surface area contributed by atoms with Crippen molar-refractivity contribution in [2.24, 2.45) is 0 Å². The lowest BCUT2D eigenvalue weighted by atomic mass is 10.2. The molecule has 1 heterocycles. The van der Waals surface area contributed by atoms with Crippen molar-refractivity contribution in [1.82, 2.24) is 9.80 Å². The number of nitrogens with one attached hydrogen (secondary N) is 1. The lowest BCUT2D eigenvalue weighted by Gasteiger charge is -2.35. The zero-order valence-corrected chi connectivity index (χ0v) is 13.6. The lowest BCUT2D eigenvalue weighted by Crippen LogP contribution is -2.50. The molecule has 2 rings (SSSR count). The minimum absolute atomic E-state index is 0.00474. The van der Waals surface area contributed by atoms with Crippen LogP contribution < -0.4 is 5.32 Å². The largest absolute Gasteiger partial charge is 0.325 e. The molecule has 0 aliphatic carbocycles. The van der Waals surface area contributed by atoms with Gasteiger partial charge in [0.15, 0.2) is 0 Å². The zero-order chi connectivity index (χ0) is 15.2. The quantitative estimate of drug-likeness (QED) is 0.901. The molecular weight excluding hydrogens is 332 g/mol. The van der Waals surface area contributed by atoms with E-state index in [4.69, 9.17) is 5.26 Å². The Labute approximate surface area is 133 Å². The smallest absolute Gasteiger partial charge is 0.238 e. The molecule has 6 heteroatoms. The maximum atomic E-state index is 12.0. The number of hydrogen-bond acceptors (Lipinski definition) is 4. The van der Waals surface area contributed by atoms with E-state index >= 15 is 0 Å². The summed E-state index contributed by atoms with van der Waals surface area (Å²) >= 11 is 3.38. The Bertz CT molecular complexity index is 535. The van der Waals surface area contributed by atoms with Crippen molar-refractivity contribution in [1.29, 1.82) is 5.26 Å². The molecule has 1 saturated heterocycles. The molecular formula is C15H19BrN4O. The number of anilines is 1. The molecule has 1 aliphatic rings. The van der Waals surface area contributed by atoms with Crippen molar-refractivity contribution in [3.05, 3.63) is 28.7 Å². The second-order valence-electron chi connectivity index (χ2n) is 5.18. The van der Waals surface area contributed by atoms with E-state index in [1.165, 1.54) is 0 Å². The zero-order valence-electron chi connectivity index (χ0n) is 12.1. The molecule has 1 N–H and O–H groups in total. The van der Waals surface area contributed by atoms with Crippen LogP contribution in [0.4, 0.5) is 5.69 Å². The normalized spacial score (nSPS) is 18.0. The van der Waals surface area contributed by atoms with Crippen LogP contribution in [0.5, 0.6) is 0 Å². The summed E-state index contributed by atoms with van der Waals surface area (Å²) in [4.78, 5) is 16.3. The van der Waals surface area contributed by atoms with Crippen molar-refractivity contribution in [2.75, 3.05) is 38.0 Å². The van der Waals surface area contributed by atoms with E-state index in [2.05, 4.69) is 37.1 Å². The van der Waals surface area contributed by atoms with E-state index in [0.717, 1.165) is 36.3 Å². The Morgan fingerprint density at radius 2 is 2.14 bits per heavy atom. The van der Waals surface area contributed by atoms with E-state index in [1.54, 1.807) is 0 Å². The molecule has 1 atom stereocenters. The summed E-state index contributed by atoms with van der Waals surface area (Å²) in [7, 11) is 0. The standard InChI is InChI=1S/C15H19BrN4O/c1-12(10-17)20-7-5-19(6-8-20)11-15(21)18-14-4-2-3-13(16)9-14/h2-4,9,12H,5-8,11H2,1H3,(H,18,21). The number of nitriles is 1. The molecule has 112 valence electrons. The number of benzene rings is 1. The highest BCUT2D eigenvalue weighted by Crippen LogP contribution is 2.15. The molecule has 0 bridgehead atoms. The number of amides is 1. The number of carbonyl (C=O) groups excluding carboxylic acids is 1. The fourth-order valence-corrected chi connectivity index (χ4v) is 2.76. The van der Waals surface area contributed by atoms with Gasteiger partial charge in [-0.2, -0.15) is 5.26 Å². The number of hydrogen-bond donors (Lipinski definition) is 1. The third kappa shape index (κ3) is 4.81. The molecule has 1 unspecified atom stereocenters. The van der Waals surface area contributed by atoms with Crippen LogP contribution in [-0.2, 0) is 4.79 Å². The average Bonchev–Trinajstić information content (AvgIpc) is 2.47. The highest BCUT2D eigenvalue weighted by Gasteiger charge is 2.22. The summed E-state index contributed by atoms with van der Waals surface area (Å²) in [6.07, 6.45) is 0. The molecule has 1 aromatic rings. The van der Waals surface area contributed by atoms with Gasteiger partial charge in [-0.3, -0.25) is 14.6 Å². The van der Waals surface area contributed by atoms with Crippen LogP contribution >= 0.6 is 15.9 Å². The highest BCUT2D eigenvalue weighted by molar-refractivity contribution is 9.10. The van der Waals surface area contributed by atoms with E-state index in [0.29, 0.717) is 6.54 Å². The number of carbonyl (C=O) groups is 1. The third-order valence-electron chi connectivity index (χ3n) is 3.62. The Balaban J connectivity index is 1.78. The fourth-order valence-electron chi connectivity index (χ4n) is 2.36. The topological polar surface area (TPSA) is 59.4 Å². The summed E-state index contributed by atoms with van der Waals surface area (Å²) in [5.41, 5.74) is 0.797. The van der Waals surface area contributed by atoms with Crippen molar-refractivity contribution in [2.45, 2.75) is 13.0 Å². The molecule has 0 radical (unpaired) electrons. The molecule has 0 saturated carbocycles. The molecule has 21 heavy (non-hydrogen) atoms. The predicted molar refractivity (Wildman–Crippen MR) is 85.9 cm³/mol. The number of halogens is 1. The molecule has 0 spiro atoms. The van der Waals surface area contributed by atoms with Crippen LogP contribution in [0.2, 0.25) is 0 Å². The fraction of sp³-hybridized carbons (Fsp3) is 0.467. The van der Waals surface area contributed by atoms with Crippen LogP contribution in [-0.4, -0.2) is 54.5 Å². The molecule has 1 amide bonds. The summed E-state index contributed by atoms with van der Waals surface area (Å²) in [6, 6.07) is 9.76. The number of piperazine rings is 1. The second kappa shape index (κ2) is 7.55. The van der Waals surface area contributed by atoms with E-state index < -0.39 is 0 Å². The van der Waals surface area contributed by atoms with Gasteiger partial charge in [0.1, 0.15) is 0 Å². The first-order valence-electron chi connectivity index (χ1n) is 7.00. The summed E-state index contributed by atoms with van der Waals surface area (Å²) < 4.78 is 0.944. The van der Waals surface area contributed by atoms with Crippen molar-refractivity contribution in [3.63, 3.8) is 0 Å². The van der Waals surface area contributed by atoms with Gasteiger partial charge in [-0.25, -0.2) is 0 Å². The van der Waals surface area contributed by atoms with E-state index in [1.807, 2.05) is 31.2 Å². The Hall–Kier alpha value is -1.42. The Morgan fingerprint density at radius 3 is 2.76 bits per heavy atom. The van der Waals surface area contributed by atoms with Crippen molar-refractivity contribution >= 4 is 27.5 Å². The molecule has 1 aromatic carbocycles. The van der Waals surface area contributed by atoms with Gasteiger partial charge in [0.2, 0.25) is 5.91 Å². The van der Waals surface area contributed by atoms with Crippen LogP contribution in [0.25, 0.3) is 0 Å². The highest BCUT2D eigenvalue weighted by atomic mass is 79.9. The van der Waals surface area contributed by atoms with Gasteiger partial charge in [0, 0.05) is 36.3 Å². The van der Waals surface area contributed by atoms with Crippen LogP contribution in [0.3, 0.4) is 0 Å². The Kier molecular flexibility index (Phi) is 5.74. The average molecular weight is 351 g/mol. The van der Waals surface area contributed by atoms with Crippen molar-refractivity contribution in [3.8, 4) is 6.07 Å². The van der Waals surface area contributed by atoms with Gasteiger partial charge < -0.3 is 5.32 Å². The second-order valence-corrected chi connectivity index (χ2v) is 6.09. The first-order chi connectivity index (χ1) is 10.1. The summed E-state index contributed by atoms with van der Waals surface area (Å²) in [5, 5.41) is 11.8. The number of rotatable bonds is 4. The van der Waals surface area contributed by atoms with Gasteiger partial charge >= 0.3 is 0 Å². The van der Waals surface area contributed by atoms with Gasteiger partial charge in [-0.15, -0.1) is 0 Å². The van der Waals surface area contributed by atoms with Gasteiger partial charge in [-0.05, 0) is 25.1 Å². The van der Waals surface area contributed by atoms with E-state index in [9.17, 15) is 4.79 Å². The first-order valence-corrected chi connectivity index (χ1v) is 7.79. The lowest BCUT2D eigenvalue weighted by molar-refractivity contribution is -0.117. The first kappa shape index (κ1) is 16.0. The van der Waals surface area contributed by atoms with Crippen LogP contribution in [0, 0.1) is 11.3 Å². The number of nitrogens with zero attached hydrogens (tertiary/aromatic N) is 3. The predicted octanol–water partition coefficient (Wildman–Crippen LogP) is 1.92. The summed E-state index contributed by atoms with van der Waals surface area (Å²) in [6.45, 7) is 5.60. The monoisotopic (exact) mass is 350 g/mol. The van der Waals surface area contributed by atoms with Gasteiger partial charge in [0.25, 0.3) is 0 Å². The maximum Gasteiger partial charge on any atom is 0.238 e. The molecule has 5 nitrogen and oxygen atoms in total. The third-order valence-corrected chi connectivity index (χ3v) is 4.11. The minimum Gasteiger partial charge on any atom is -0.325 e. The van der Waals surface area contributed by atoms with Crippen LogP contribution in [0.1, 0.15) is 6.92 Å². The SMILES string of the molecule is CC(C#N)N1CCN(CC(=O)Nc2cccc(Br)c2)CC1. The maximum absolute atomic E-state index is 12.0. The van der Waals surface area contributed by atoms with E-state index in [-0.39, 0.29) is 11.9 Å².